The second-order valence-corrected chi connectivity index (χ2v) is 11.6. The maximum atomic E-state index is 12.8. The molecule has 0 spiro atoms. The van der Waals surface area contributed by atoms with Crippen LogP contribution in [0.25, 0.3) is 0 Å². The van der Waals surface area contributed by atoms with E-state index < -0.39 is 36.6 Å². The van der Waals surface area contributed by atoms with Gasteiger partial charge in [-0.05, 0) is 36.8 Å². The molecule has 2 aliphatic heterocycles. The normalized spacial score (nSPS) is 19.8. The number of fused-ring (bicyclic) bond motifs is 1. The number of ether oxygens (including phenoxy) is 2. The molecule has 0 bridgehead atoms. The van der Waals surface area contributed by atoms with E-state index in [0.717, 1.165) is 0 Å². The van der Waals surface area contributed by atoms with Crippen LogP contribution in [0.5, 0.6) is 11.5 Å². The number of carbonyl (C=O) groups excluding carboxylic acids is 1. The van der Waals surface area contributed by atoms with Gasteiger partial charge < -0.3 is 14.8 Å². The molecule has 0 aliphatic carbocycles. The summed E-state index contributed by atoms with van der Waals surface area (Å²) in [7, 11) is -7.29. The predicted molar refractivity (Wildman–Crippen MR) is 106 cm³/mol. The van der Waals surface area contributed by atoms with Crippen LogP contribution in [-0.2, 0) is 19.7 Å². The molecule has 2 aliphatic rings. The summed E-state index contributed by atoms with van der Waals surface area (Å²) >= 11 is 6.11. The summed E-state index contributed by atoms with van der Waals surface area (Å²) in [5, 5.41) is 1.68. The SMILES string of the molecule is O=C(Nc1ccc2c(c1)OCO2)c1cc(S(=O)(=O)C2CCS(=O)(=O)C2)ccc1Cl. The lowest BCUT2D eigenvalue weighted by Gasteiger charge is -2.13. The molecule has 8 nitrogen and oxygen atoms in total. The predicted octanol–water partition coefficient (Wildman–Crippen LogP) is 2.28. The molecule has 4 rings (SSSR count). The first-order valence-electron chi connectivity index (χ1n) is 8.61. The first-order chi connectivity index (χ1) is 13.7. The zero-order chi connectivity index (χ0) is 20.8. The third kappa shape index (κ3) is 3.92. The number of anilines is 1. The molecule has 1 atom stereocenters. The molecular formula is C18H16ClNO7S2. The minimum atomic E-state index is -3.92. The molecule has 1 fully saturated rings. The third-order valence-corrected chi connectivity index (χ3v) is 9.27. The average molecular weight is 458 g/mol. The highest BCUT2D eigenvalue weighted by Crippen LogP contribution is 2.34. The highest BCUT2D eigenvalue weighted by molar-refractivity contribution is 7.96. The van der Waals surface area contributed by atoms with Crippen molar-refractivity contribution < 1.29 is 31.1 Å². The number of benzene rings is 2. The van der Waals surface area contributed by atoms with Crippen LogP contribution < -0.4 is 14.8 Å². The number of hydrogen-bond acceptors (Lipinski definition) is 7. The number of amides is 1. The molecule has 2 aromatic carbocycles. The van der Waals surface area contributed by atoms with Crippen molar-refractivity contribution in [2.75, 3.05) is 23.6 Å². The van der Waals surface area contributed by atoms with Crippen LogP contribution >= 0.6 is 11.6 Å². The number of nitrogens with one attached hydrogen (secondary N) is 1. The summed E-state index contributed by atoms with van der Waals surface area (Å²) in [5.41, 5.74) is 0.386. The van der Waals surface area contributed by atoms with Crippen LogP contribution in [0.3, 0.4) is 0 Å². The molecular weight excluding hydrogens is 442 g/mol. The fourth-order valence-corrected chi connectivity index (χ4v) is 7.81. The van der Waals surface area contributed by atoms with Gasteiger partial charge in [0.1, 0.15) is 0 Å². The monoisotopic (exact) mass is 457 g/mol. The van der Waals surface area contributed by atoms with Gasteiger partial charge in [0, 0.05) is 11.8 Å². The molecule has 1 amide bonds. The lowest BCUT2D eigenvalue weighted by Crippen LogP contribution is -2.23. The molecule has 0 saturated carbocycles. The van der Waals surface area contributed by atoms with Crippen molar-refractivity contribution >= 4 is 42.9 Å². The number of sulfone groups is 2. The van der Waals surface area contributed by atoms with Crippen molar-refractivity contribution in [3.05, 3.63) is 47.0 Å². The van der Waals surface area contributed by atoms with E-state index in [9.17, 15) is 21.6 Å². The van der Waals surface area contributed by atoms with Crippen LogP contribution in [0.1, 0.15) is 16.8 Å². The first kappa shape index (κ1) is 20.0. The van der Waals surface area contributed by atoms with Gasteiger partial charge in [0.2, 0.25) is 6.79 Å². The number of hydrogen-bond donors (Lipinski definition) is 1. The van der Waals surface area contributed by atoms with Gasteiger partial charge in [-0.25, -0.2) is 16.8 Å². The summed E-state index contributed by atoms with van der Waals surface area (Å²) in [4.78, 5) is 12.5. The van der Waals surface area contributed by atoms with Crippen molar-refractivity contribution in [3.63, 3.8) is 0 Å². The zero-order valence-electron chi connectivity index (χ0n) is 14.9. The van der Waals surface area contributed by atoms with E-state index in [1.165, 1.54) is 18.2 Å². The maximum absolute atomic E-state index is 12.8. The molecule has 1 N–H and O–H groups in total. The molecule has 0 radical (unpaired) electrons. The minimum absolute atomic E-state index is 0.0337. The van der Waals surface area contributed by atoms with E-state index in [1.54, 1.807) is 18.2 Å². The Kier molecular flexibility index (Phi) is 4.96. The van der Waals surface area contributed by atoms with Crippen molar-refractivity contribution in [2.24, 2.45) is 0 Å². The summed E-state index contributed by atoms with van der Waals surface area (Å²) < 4.78 is 59.4. The van der Waals surface area contributed by atoms with Crippen LogP contribution in [0.15, 0.2) is 41.3 Å². The average Bonchev–Trinajstić information content (AvgIpc) is 3.27. The van der Waals surface area contributed by atoms with Gasteiger partial charge in [-0.1, -0.05) is 11.6 Å². The zero-order valence-corrected chi connectivity index (χ0v) is 17.3. The fourth-order valence-electron chi connectivity index (χ4n) is 3.23. The van der Waals surface area contributed by atoms with E-state index in [4.69, 9.17) is 21.1 Å². The third-order valence-electron chi connectivity index (χ3n) is 4.77. The van der Waals surface area contributed by atoms with Crippen LogP contribution in [-0.4, -0.2) is 46.3 Å². The van der Waals surface area contributed by atoms with Crippen LogP contribution in [0.2, 0.25) is 5.02 Å². The van der Waals surface area contributed by atoms with Gasteiger partial charge in [-0.15, -0.1) is 0 Å². The smallest absolute Gasteiger partial charge is 0.257 e. The summed E-state index contributed by atoms with van der Waals surface area (Å²) in [5.74, 6) is -0.156. The van der Waals surface area contributed by atoms with Gasteiger partial charge >= 0.3 is 0 Å². The summed E-state index contributed by atoms with van der Waals surface area (Å²) in [6.45, 7) is 0.0926. The van der Waals surface area contributed by atoms with Gasteiger partial charge in [-0.3, -0.25) is 4.79 Å². The van der Waals surface area contributed by atoms with E-state index in [0.29, 0.717) is 17.2 Å². The molecule has 1 unspecified atom stereocenters. The number of rotatable bonds is 4. The molecule has 154 valence electrons. The Morgan fingerprint density at radius 1 is 1.10 bits per heavy atom. The van der Waals surface area contributed by atoms with Gasteiger partial charge in [-0.2, -0.15) is 0 Å². The van der Waals surface area contributed by atoms with E-state index >= 15 is 0 Å². The van der Waals surface area contributed by atoms with Crippen molar-refractivity contribution in [1.29, 1.82) is 0 Å². The fraction of sp³-hybridized carbons (Fsp3) is 0.278. The number of halogens is 1. The Bertz CT molecular complexity index is 1210. The molecule has 2 aromatic rings. The van der Waals surface area contributed by atoms with E-state index in [2.05, 4.69) is 5.32 Å². The lowest BCUT2D eigenvalue weighted by molar-refractivity contribution is 0.102. The standard InChI is InChI=1S/C18H16ClNO7S2/c19-15-3-2-12(29(24,25)13-5-6-28(22,23)9-13)8-14(15)18(21)20-11-1-4-16-17(7-11)27-10-26-16/h1-4,7-8,13H,5-6,9-10H2,(H,20,21). The van der Waals surface area contributed by atoms with Crippen molar-refractivity contribution in [3.8, 4) is 11.5 Å². The highest BCUT2D eigenvalue weighted by atomic mass is 35.5. The highest BCUT2D eigenvalue weighted by Gasteiger charge is 2.38. The Morgan fingerprint density at radius 3 is 2.59 bits per heavy atom. The van der Waals surface area contributed by atoms with Crippen LogP contribution in [0.4, 0.5) is 5.69 Å². The molecule has 11 heteroatoms. The second kappa shape index (κ2) is 7.19. The Hall–Kier alpha value is -2.30. The van der Waals surface area contributed by atoms with Crippen molar-refractivity contribution in [2.45, 2.75) is 16.6 Å². The largest absolute Gasteiger partial charge is 0.454 e. The molecule has 1 saturated heterocycles. The van der Waals surface area contributed by atoms with Gasteiger partial charge in [0.05, 0.1) is 32.2 Å². The van der Waals surface area contributed by atoms with Gasteiger partial charge in [0.25, 0.3) is 5.91 Å². The van der Waals surface area contributed by atoms with E-state index in [-0.39, 0.29) is 34.4 Å². The number of carbonyl (C=O) groups is 1. The second-order valence-electron chi connectivity index (χ2n) is 6.73. The van der Waals surface area contributed by atoms with Gasteiger partial charge in [0.15, 0.2) is 31.2 Å². The van der Waals surface area contributed by atoms with Crippen LogP contribution in [0, 0.1) is 0 Å². The summed E-state index contributed by atoms with van der Waals surface area (Å²) in [6, 6.07) is 8.60. The quantitative estimate of drug-likeness (QED) is 0.748. The molecule has 2 heterocycles. The Morgan fingerprint density at radius 2 is 1.86 bits per heavy atom. The molecule has 0 aromatic heterocycles. The van der Waals surface area contributed by atoms with Crippen molar-refractivity contribution in [1.82, 2.24) is 0 Å². The minimum Gasteiger partial charge on any atom is -0.454 e. The molecule has 29 heavy (non-hydrogen) atoms. The van der Waals surface area contributed by atoms with E-state index in [1.807, 2.05) is 0 Å². The topological polar surface area (TPSA) is 116 Å². The maximum Gasteiger partial charge on any atom is 0.257 e. The lowest BCUT2D eigenvalue weighted by atomic mass is 10.2. The Labute approximate surface area is 172 Å². The first-order valence-corrected chi connectivity index (χ1v) is 12.4. The summed E-state index contributed by atoms with van der Waals surface area (Å²) in [6.07, 6.45) is 0.0337. The Balaban J connectivity index is 1.60.